The number of carbonyl (C=O) groups is 3. The molecule has 1 rings (SSSR count). The molecule has 0 unspecified atom stereocenters. The van der Waals surface area contributed by atoms with Crippen LogP contribution < -0.4 is 0 Å². The van der Waals surface area contributed by atoms with E-state index < -0.39 is 0 Å². The summed E-state index contributed by atoms with van der Waals surface area (Å²) in [6.07, 6.45) is 33.1. The van der Waals surface area contributed by atoms with E-state index in [9.17, 15) is 14.4 Å². The number of rotatable bonds is 35. The quantitative estimate of drug-likeness (QED) is 0.0368. The largest absolute Gasteiger partial charge is 0.466 e. The van der Waals surface area contributed by atoms with Crippen LogP contribution in [0.4, 0.5) is 0 Å². The fourth-order valence-electron chi connectivity index (χ4n) is 6.97. The van der Waals surface area contributed by atoms with Crippen molar-refractivity contribution in [3.8, 4) is 0 Å². The lowest BCUT2D eigenvalue weighted by Gasteiger charge is -2.28. The molecular formula is C43H81NO6. The van der Waals surface area contributed by atoms with Gasteiger partial charge in [0.1, 0.15) is 0 Å². The maximum atomic E-state index is 12.8. The van der Waals surface area contributed by atoms with Crippen LogP contribution in [0.2, 0.25) is 0 Å². The highest BCUT2D eigenvalue weighted by Crippen LogP contribution is 2.22. The van der Waals surface area contributed by atoms with Crippen molar-refractivity contribution in [2.24, 2.45) is 11.8 Å². The van der Waals surface area contributed by atoms with E-state index >= 15 is 0 Å². The molecule has 0 radical (unpaired) electrons. The number of carbonyl (C=O) groups excluding carboxylic acids is 3. The molecule has 0 spiro atoms. The van der Waals surface area contributed by atoms with Crippen molar-refractivity contribution < 1.29 is 28.6 Å². The molecule has 1 aliphatic rings. The van der Waals surface area contributed by atoms with Gasteiger partial charge in [-0.1, -0.05) is 142 Å². The van der Waals surface area contributed by atoms with Crippen LogP contribution in [0.1, 0.15) is 206 Å². The lowest BCUT2D eigenvalue weighted by atomic mass is 9.94. The molecule has 7 heteroatoms. The molecule has 0 amide bonds. The molecule has 0 aromatic heterocycles. The molecule has 1 heterocycles. The van der Waals surface area contributed by atoms with Gasteiger partial charge in [-0.05, 0) is 77.4 Å². The fourth-order valence-corrected chi connectivity index (χ4v) is 6.97. The van der Waals surface area contributed by atoms with Crippen molar-refractivity contribution >= 4 is 17.9 Å². The van der Waals surface area contributed by atoms with Crippen LogP contribution in [0.5, 0.6) is 0 Å². The van der Waals surface area contributed by atoms with Gasteiger partial charge in [0.05, 0.1) is 25.7 Å². The Morgan fingerprint density at radius 1 is 0.520 bits per heavy atom. The van der Waals surface area contributed by atoms with Crippen LogP contribution in [-0.4, -0.2) is 62.8 Å². The molecule has 0 aromatic rings. The number of ether oxygens (including phenoxy) is 3. The Morgan fingerprint density at radius 3 is 1.32 bits per heavy atom. The van der Waals surface area contributed by atoms with Crippen molar-refractivity contribution in [2.75, 3.05) is 40.0 Å². The number of likely N-dealkylation sites (tertiary alicyclic amines) is 1. The zero-order valence-electron chi connectivity index (χ0n) is 33.3. The van der Waals surface area contributed by atoms with E-state index in [2.05, 4.69) is 25.8 Å². The number of esters is 3. The topological polar surface area (TPSA) is 82.1 Å². The van der Waals surface area contributed by atoms with Crippen LogP contribution in [0.3, 0.4) is 0 Å². The molecule has 0 bridgehead atoms. The molecule has 0 N–H and O–H groups in total. The predicted molar refractivity (Wildman–Crippen MR) is 207 cm³/mol. The molecule has 1 saturated heterocycles. The van der Waals surface area contributed by atoms with Crippen LogP contribution in [0, 0.1) is 11.8 Å². The number of piperidine rings is 1. The SMILES string of the molecule is CCCCCCCCCCCOC(=O)CCCCCC(CCCCCC(=O)OCCCCCCCCCCC)COC(=O)C1CCN(C)CC1. The second-order valence-corrected chi connectivity index (χ2v) is 15.4. The van der Waals surface area contributed by atoms with Crippen molar-refractivity contribution in [1.29, 1.82) is 0 Å². The standard InChI is InChI=1S/C43H81NO6/c1-4-6-8-10-12-14-16-18-26-36-48-41(45)30-24-20-22-28-39(38-50-43(47)40-32-34-44(3)35-33-40)29-23-21-25-31-42(46)49-37-27-19-17-15-13-11-9-7-5-2/h39-40H,4-38H2,1-3H3. The van der Waals surface area contributed by atoms with E-state index in [0.717, 1.165) is 103 Å². The van der Waals surface area contributed by atoms with Gasteiger partial charge in [-0.15, -0.1) is 0 Å². The third kappa shape index (κ3) is 29.0. The van der Waals surface area contributed by atoms with Crippen LogP contribution in [0.15, 0.2) is 0 Å². The second-order valence-electron chi connectivity index (χ2n) is 15.4. The number of nitrogens with zero attached hydrogens (tertiary/aromatic N) is 1. The van der Waals surface area contributed by atoms with E-state index in [1.165, 1.54) is 89.9 Å². The molecular weight excluding hydrogens is 626 g/mol. The third-order valence-corrected chi connectivity index (χ3v) is 10.5. The van der Waals surface area contributed by atoms with Crippen molar-refractivity contribution in [1.82, 2.24) is 4.90 Å². The Morgan fingerprint density at radius 2 is 0.900 bits per heavy atom. The monoisotopic (exact) mass is 708 g/mol. The van der Waals surface area contributed by atoms with Gasteiger partial charge in [0, 0.05) is 12.8 Å². The van der Waals surface area contributed by atoms with Crippen LogP contribution >= 0.6 is 0 Å². The zero-order chi connectivity index (χ0) is 36.3. The first-order valence-electron chi connectivity index (χ1n) is 21.6. The summed E-state index contributed by atoms with van der Waals surface area (Å²) < 4.78 is 16.8. The van der Waals surface area contributed by atoms with E-state index in [0.29, 0.717) is 38.6 Å². The summed E-state index contributed by atoms with van der Waals surface area (Å²) in [4.78, 5) is 39.5. The Balaban J connectivity index is 2.20. The normalized spacial score (nSPS) is 13.9. The second kappa shape index (κ2) is 34.5. The van der Waals surface area contributed by atoms with Gasteiger partial charge in [0.2, 0.25) is 0 Å². The van der Waals surface area contributed by atoms with Gasteiger partial charge in [-0.2, -0.15) is 0 Å². The number of unbranched alkanes of at least 4 members (excludes halogenated alkanes) is 20. The first kappa shape index (κ1) is 46.4. The van der Waals surface area contributed by atoms with E-state index in [-0.39, 0.29) is 23.8 Å². The summed E-state index contributed by atoms with van der Waals surface area (Å²) in [7, 11) is 2.10. The van der Waals surface area contributed by atoms with Gasteiger partial charge in [0.25, 0.3) is 0 Å². The summed E-state index contributed by atoms with van der Waals surface area (Å²) >= 11 is 0. The van der Waals surface area contributed by atoms with E-state index in [1.54, 1.807) is 0 Å². The highest BCUT2D eigenvalue weighted by molar-refractivity contribution is 5.72. The molecule has 0 aliphatic carbocycles. The zero-order valence-corrected chi connectivity index (χ0v) is 33.3. The Hall–Kier alpha value is -1.63. The predicted octanol–water partition coefficient (Wildman–Crippen LogP) is 11.5. The highest BCUT2D eigenvalue weighted by atomic mass is 16.5. The molecule has 1 fully saturated rings. The fraction of sp³-hybridized carbons (Fsp3) is 0.930. The average Bonchev–Trinajstić information content (AvgIpc) is 3.11. The van der Waals surface area contributed by atoms with Crippen LogP contribution in [0.25, 0.3) is 0 Å². The summed E-state index contributed by atoms with van der Waals surface area (Å²) in [6, 6.07) is 0. The van der Waals surface area contributed by atoms with E-state index in [1.807, 2.05) is 0 Å². The van der Waals surface area contributed by atoms with Gasteiger partial charge in [-0.25, -0.2) is 0 Å². The highest BCUT2D eigenvalue weighted by Gasteiger charge is 2.25. The first-order chi connectivity index (χ1) is 24.5. The lowest BCUT2D eigenvalue weighted by Crippen LogP contribution is -2.34. The van der Waals surface area contributed by atoms with Crippen LogP contribution in [-0.2, 0) is 28.6 Å². The lowest BCUT2D eigenvalue weighted by molar-refractivity contribution is -0.152. The molecule has 7 nitrogen and oxygen atoms in total. The van der Waals surface area contributed by atoms with E-state index in [4.69, 9.17) is 14.2 Å². The molecule has 1 aliphatic heterocycles. The summed E-state index contributed by atoms with van der Waals surface area (Å²) in [5, 5.41) is 0. The first-order valence-corrected chi connectivity index (χ1v) is 21.6. The molecule has 50 heavy (non-hydrogen) atoms. The van der Waals surface area contributed by atoms with Crippen molar-refractivity contribution in [3.05, 3.63) is 0 Å². The minimum atomic E-state index is -0.0696. The minimum absolute atomic E-state index is 0.0231. The number of hydrogen-bond acceptors (Lipinski definition) is 7. The molecule has 0 aromatic carbocycles. The Labute approximate surface area is 309 Å². The number of hydrogen-bond donors (Lipinski definition) is 0. The molecule has 0 saturated carbocycles. The summed E-state index contributed by atoms with van der Waals surface area (Å²) in [5.74, 6) is 0.171. The van der Waals surface area contributed by atoms with Gasteiger partial charge < -0.3 is 19.1 Å². The molecule has 0 atom stereocenters. The average molecular weight is 708 g/mol. The third-order valence-electron chi connectivity index (χ3n) is 10.5. The Bertz CT molecular complexity index is 750. The minimum Gasteiger partial charge on any atom is -0.466 e. The summed E-state index contributed by atoms with van der Waals surface area (Å²) in [6.45, 7) is 7.99. The van der Waals surface area contributed by atoms with Crippen molar-refractivity contribution in [2.45, 2.75) is 206 Å². The van der Waals surface area contributed by atoms with Gasteiger partial charge >= 0.3 is 17.9 Å². The smallest absolute Gasteiger partial charge is 0.309 e. The summed E-state index contributed by atoms with van der Waals surface area (Å²) in [5.41, 5.74) is 0. The molecule has 294 valence electrons. The maximum Gasteiger partial charge on any atom is 0.309 e. The van der Waals surface area contributed by atoms with Gasteiger partial charge in [-0.3, -0.25) is 14.4 Å². The van der Waals surface area contributed by atoms with Crippen molar-refractivity contribution in [3.63, 3.8) is 0 Å². The van der Waals surface area contributed by atoms with Gasteiger partial charge in [0.15, 0.2) is 0 Å². The Kier molecular flexibility index (Phi) is 32.0. The maximum absolute atomic E-state index is 12.8.